The summed E-state index contributed by atoms with van der Waals surface area (Å²) in [5.41, 5.74) is 12.0. The van der Waals surface area contributed by atoms with Gasteiger partial charge < -0.3 is 10.1 Å². The van der Waals surface area contributed by atoms with Crippen LogP contribution in [0.4, 0.5) is 11.4 Å². The third kappa shape index (κ3) is 1.96. The van der Waals surface area contributed by atoms with E-state index in [0.29, 0.717) is 0 Å². The maximum atomic E-state index is 6.71. The highest BCUT2D eigenvalue weighted by molar-refractivity contribution is 5.98. The lowest BCUT2D eigenvalue weighted by Gasteiger charge is -2.33. The molecule has 0 radical (unpaired) electrons. The Labute approximate surface area is 192 Å². The Bertz CT molecular complexity index is 1570. The summed E-state index contributed by atoms with van der Waals surface area (Å²) in [5, 5.41) is 3.63. The van der Waals surface area contributed by atoms with Crippen molar-refractivity contribution in [2.24, 2.45) is 0 Å². The summed E-state index contributed by atoms with van der Waals surface area (Å²) in [7, 11) is 0. The number of hydrogen-bond donors (Lipinski definition) is 1. The summed E-state index contributed by atoms with van der Waals surface area (Å²) in [6, 6.07) is 39.2. The van der Waals surface area contributed by atoms with Crippen LogP contribution < -0.4 is 10.1 Å². The van der Waals surface area contributed by atoms with E-state index < -0.39 is 5.41 Å². The molecule has 1 aliphatic heterocycles. The van der Waals surface area contributed by atoms with Gasteiger partial charge in [-0.25, -0.2) is 0 Å². The molecular formula is C31H19NO. The molecule has 5 aromatic rings. The minimum Gasteiger partial charge on any atom is -0.453 e. The van der Waals surface area contributed by atoms with Gasteiger partial charge >= 0.3 is 0 Å². The lowest BCUT2D eigenvalue weighted by atomic mass is 9.70. The molecule has 0 atom stereocenters. The van der Waals surface area contributed by atoms with Crippen LogP contribution in [-0.2, 0) is 5.41 Å². The third-order valence-electron chi connectivity index (χ3n) is 7.47. The number of anilines is 2. The molecule has 3 aliphatic rings. The normalized spacial score (nSPS) is 14.8. The van der Waals surface area contributed by atoms with Gasteiger partial charge in [-0.05, 0) is 57.1 Å². The molecule has 0 amide bonds. The Hall–Kier alpha value is -4.30. The number of rotatable bonds is 0. The number of ether oxygens (including phenoxy) is 1. The van der Waals surface area contributed by atoms with Crippen molar-refractivity contribution in [2.45, 2.75) is 5.41 Å². The van der Waals surface area contributed by atoms with E-state index in [1.165, 1.54) is 44.5 Å². The molecule has 0 bridgehead atoms. The van der Waals surface area contributed by atoms with Crippen LogP contribution in [0.15, 0.2) is 109 Å². The van der Waals surface area contributed by atoms with E-state index in [4.69, 9.17) is 4.74 Å². The fraction of sp³-hybridized carbons (Fsp3) is 0.0323. The molecule has 154 valence electrons. The predicted octanol–water partition coefficient (Wildman–Crippen LogP) is 7.88. The average molecular weight is 421 g/mol. The highest BCUT2D eigenvalue weighted by Crippen LogP contribution is 2.66. The summed E-state index contributed by atoms with van der Waals surface area (Å²) in [6.07, 6.45) is 0. The summed E-state index contributed by atoms with van der Waals surface area (Å²) in [4.78, 5) is 0. The van der Waals surface area contributed by atoms with Crippen LogP contribution in [0.3, 0.4) is 0 Å². The van der Waals surface area contributed by atoms with Gasteiger partial charge in [0.2, 0.25) is 0 Å². The molecule has 0 unspecified atom stereocenters. The standard InChI is InChI=1S/C31H19NO/c1-4-12-23-19(9-1)20-10-2-5-13-24(20)31(23)25-14-6-3-11-21(25)22-17-18-27-30(29(22)31)33-28-16-8-7-15-26(28)32-27/h1-18,32H. The van der Waals surface area contributed by atoms with Gasteiger partial charge in [0.25, 0.3) is 0 Å². The van der Waals surface area contributed by atoms with Gasteiger partial charge in [-0.1, -0.05) is 91.0 Å². The third-order valence-corrected chi connectivity index (χ3v) is 7.47. The Morgan fingerprint density at radius 2 is 1.03 bits per heavy atom. The Morgan fingerprint density at radius 1 is 0.485 bits per heavy atom. The summed E-state index contributed by atoms with van der Waals surface area (Å²) in [5.74, 6) is 1.79. The molecule has 0 aromatic heterocycles. The highest BCUT2D eigenvalue weighted by Gasteiger charge is 2.53. The van der Waals surface area contributed by atoms with Crippen LogP contribution in [0.5, 0.6) is 11.5 Å². The number of benzene rings is 5. The Morgan fingerprint density at radius 3 is 1.70 bits per heavy atom. The summed E-state index contributed by atoms with van der Waals surface area (Å²) >= 11 is 0. The second-order valence-corrected chi connectivity index (χ2v) is 8.97. The zero-order valence-electron chi connectivity index (χ0n) is 17.8. The maximum Gasteiger partial charge on any atom is 0.156 e. The minimum absolute atomic E-state index is 0.404. The van der Waals surface area contributed by atoms with Crippen LogP contribution in [0.2, 0.25) is 0 Å². The molecule has 33 heavy (non-hydrogen) atoms. The van der Waals surface area contributed by atoms with Crippen molar-refractivity contribution in [3.63, 3.8) is 0 Å². The van der Waals surface area contributed by atoms with Crippen molar-refractivity contribution in [1.29, 1.82) is 0 Å². The number of para-hydroxylation sites is 2. The SMILES string of the molecule is c1ccc2c(c1)Nc1ccc3c(c1O2)C1(c2ccccc2-c2ccccc21)c1ccccc1-3. The Balaban J connectivity index is 1.55. The number of hydrogen-bond acceptors (Lipinski definition) is 2. The first-order chi connectivity index (χ1) is 16.4. The van der Waals surface area contributed by atoms with Crippen LogP contribution in [0.25, 0.3) is 22.3 Å². The summed E-state index contributed by atoms with van der Waals surface area (Å²) < 4.78 is 6.71. The molecule has 1 spiro atoms. The minimum atomic E-state index is -0.404. The van der Waals surface area contributed by atoms with Crippen LogP contribution in [0.1, 0.15) is 22.3 Å². The highest BCUT2D eigenvalue weighted by atomic mass is 16.5. The summed E-state index contributed by atoms with van der Waals surface area (Å²) in [6.45, 7) is 0. The first-order valence-electron chi connectivity index (χ1n) is 11.4. The Kier molecular flexibility index (Phi) is 3.11. The zero-order chi connectivity index (χ0) is 21.6. The molecule has 5 aromatic carbocycles. The second-order valence-electron chi connectivity index (χ2n) is 8.97. The molecule has 0 saturated carbocycles. The van der Waals surface area contributed by atoms with Crippen molar-refractivity contribution in [3.8, 4) is 33.8 Å². The van der Waals surface area contributed by atoms with Crippen molar-refractivity contribution < 1.29 is 4.74 Å². The fourth-order valence-electron chi connectivity index (χ4n) is 6.27. The van der Waals surface area contributed by atoms with E-state index in [1.54, 1.807) is 0 Å². The van der Waals surface area contributed by atoms with Gasteiger partial charge in [0.1, 0.15) is 0 Å². The first-order valence-corrected chi connectivity index (χ1v) is 11.4. The average Bonchev–Trinajstić information content (AvgIpc) is 3.35. The van der Waals surface area contributed by atoms with Crippen molar-refractivity contribution in [1.82, 2.24) is 0 Å². The van der Waals surface area contributed by atoms with Gasteiger partial charge in [-0.2, -0.15) is 0 Å². The van der Waals surface area contributed by atoms with Crippen molar-refractivity contribution >= 4 is 11.4 Å². The van der Waals surface area contributed by atoms with E-state index >= 15 is 0 Å². The second kappa shape index (κ2) is 5.93. The molecule has 2 heteroatoms. The van der Waals surface area contributed by atoms with Gasteiger partial charge in [0.15, 0.2) is 11.5 Å². The van der Waals surface area contributed by atoms with Crippen molar-refractivity contribution in [2.75, 3.05) is 5.32 Å². The quantitative estimate of drug-likeness (QED) is 0.269. The maximum absolute atomic E-state index is 6.71. The lowest BCUT2D eigenvalue weighted by molar-refractivity contribution is 0.470. The molecule has 0 fully saturated rings. The first kappa shape index (κ1) is 17.3. The molecule has 2 nitrogen and oxygen atoms in total. The van der Waals surface area contributed by atoms with E-state index in [9.17, 15) is 0 Å². The van der Waals surface area contributed by atoms with Gasteiger partial charge in [0, 0.05) is 5.56 Å². The molecule has 2 aliphatic carbocycles. The van der Waals surface area contributed by atoms with Crippen molar-refractivity contribution in [3.05, 3.63) is 131 Å². The van der Waals surface area contributed by atoms with E-state index in [1.807, 2.05) is 18.2 Å². The molecule has 8 rings (SSSR count). The zero-order valence-corrected chi connectivity index (χ0v) is 17.8. The van der Waals surface area contributed by atoms with Gasteiger partial charge in [0.05, 0.1) is 16.8 Å². The van der Waals surface area contributed by atoms with E-state index in [2.05, 4.69) is 96.3 Å². The monoisotopic (exact) mass is 421 g/mol. The van der Waals surface area contributed by atoms with Gasteiger partial charge in [-0.3, -0.25) is 0 Å². The van der Waals surface area contributed by atoms with Gasteiger partial charge in [-0.15, -0.1) is 0 Å². The number of nitrogens with one attached hydrogen (secondary N) is 1. The fourth-order valence-corrected chi connectivity index (χ4v) is 6.27. The molecular weight excluding hydrogens is 402 g/mol. The smallest absolute Gasteiger partial charge is 0.156 e. The molecule has 0 saturated heterocycles. The molecule has 1 N–H and O–H groups in total. The van der Waals surface area contributed by atoms with Crippen LogP contribution in [-0.4, -0.2) is 0 Å². The predicted molar refractivity (Wildman–Crippen MR) is 133 cm³/mol. The molecule has 1 heterocycles. The number of fused-ring (bicyclic) bond motifs is 13. The van der Waals surface area contributed by atoms with Crippen LogP contribution >= 0.6 is 0 Å². The van der Waals surface area contributed by atoms with E-state index in [0.717, 1.165) is 22.9 Å². The largest absolute Gasteiger partial charge is 0.453 e. The van der Waals surface area contributed by atoms with Crippen LogP contribution in [0, 0.1) is 0 Å². The van der Waals surface area contributed by atoms with E-state index in [-0.39, 0.29) is 0 Å². The topological polar surface area (TPSA) is 21.3 Å². The lowest BCUT2D eigenvalue weighted by Crippen LogP contribution is -2.27.